The number of hydrogen-bond acceptors (Lipinski definition) is 1. The molecule has 4 bridgehead atoms. The zero-order valence-corrected chi connectivity index (χ0v) is 11.3. The van der Waals surface area contributed by atoms with E-state index in [1.165, 1.54) is 38.5 Å². The Labute approximate surface area is 109 Å². The average Bonchev–Trinajstić information content (AvgIpc) is 2.26. The molecule has 0 aromatic heterocycles. The third-order valence-corrected chi connectivity index (χ3v) is 5.46. The minimum Gasteiger partial charge on any atom is -0.478 e. The van der Waals surface area contributed by atoms with Gasteiger partial charge in [0.25, 0.3) is 0 Å². The lowest BCUT2D eigenvalue weighted by molar-refractivity contribution is -0.134. The summed E-state index contributed by atoms with van der Waals surface area (Å²) in [4.78, 5) is 11.3. The first-order valence-electron chi connectivity index (χ1n) is 7.52. The molecule has 0 heterocycles. The summed E-state index contributed by atoms with van der Waals surface area (Å²) in [7, 11) is 0. The molecule has 4 fully saturated rings. The highest BCUT2D eigenvalue weighted by molar-refractivity contribution is 5.86. The summed E-state index contributed by atoms with van der Waals surface area (Å²) in [5.74, 6) is 2.04. The molecule has 2 heteroatoms. The SMILES string of the molecule is CC/C=C(/CC12CC3CC(CC(C3)C1)C2)C(=O)O. The van der Waals surface area contributed by atoms with Crippen LogP contribution in [0, 0.1) is 23.2 Å². The van der Waals surface area contributed by atoms with Crippen molar-refractivity contribution in [2.24, 2.45) is 23.2 Å². The Hall–Kier alpha value is -0.790. The molecule has 4 rings (SSSR count). The van der Waals surface area contributed by atoms with Crippen LogP contribution in [0.1, 0.15) is 58.3 Å². The number of allylic oxidation sites excluding steroid dienone is 1. The fourth-order valence-corrected chi connectivity index (χ4v) is 5.39. The second kappa shape index (κ2) is 4.40. The van der Waals surface area contributed by atoms with E-state index in [1.807, 2.05) is 13.0 Å². The van der Waals surface area contributed by atoms with Gasteiger partial charge < -0.3 is 5.11 Å². The fraction of sp³-hybridized carbons (Fsp3) is 0.812. The van der Waals surface area contributed by atoms with Crippen molar-refractivity contribution in [1.82, 2.24) is 0 Å². The van der Waals surface area contributed by atoms with Crippen LogP contribution in [0.25, 0.3) is 0 Å². The standard InChI is InChI=1S/C16H24O2/c1-2-3-14(15(17)18)10-16-7-11-4-12(8-16)6-13(5-11)9-16/h3,11-13H,2,4-10H2,1H3,(H,17,18)/b14-3-. The molecule has 4 saturated carbocycles. The number of carbonyl (C=O) groups is 1. The average molecular weight is 248 g/mol. The fourth-order valence-electron chi connectivity index (χ4n) is 5.39. The molecule has 0 spiro atoms. The molecular weight excluding hydrogens is 224 g/mol. The van der Waals surface area contributed by atoms with Crippen LogP contribution < -0.4 is 0 Å². The van der Waals surface area contributed by atoms with Crippen LogP contribution in [0.5, 0.6) is 0 Å². The van der Waals surface area contributed by atoms with Gasteiger partial charge in [-0.25, -0.2) is 4.79 Å². The van der Waals surface area contributed by atoms with Gasteiger partial charge >= 0.3 is 5.97 Å². The monoisotopic (exact) mass is 248 g/mol. The first-order chi connectivity index (χ1) is 8.60. The Morgan fingerprint density at radius 1 is 1.17 bits per heavy atom. The molecule has 0 aliphatic heterocycles. The molecule has 0 atom stereocenters. The van der Waals surface area contributed by atoms with Gasteiger partial charge in [0.05, 0.1) is 0 Å². The second-order valence-corrected chi connectivity index (χ2v) is 7.04. The highest BCUT2D eigenvalue weighted by atomic mass is 16.4. The lowest BCUT2D eigenvalue weighted by atomic mass is 9.48. The smallest absolute Gasteiger partial charge is 0.331 e. The molecule has 18 heavy (non-hydrogen) atoms. The topological polar surface area (TPSA) is 37.3 Å². The summed E-state index contributed by atoms with van der Waals surface area (Å²) >= 11 is 0. The molecule has 0 aromatic carbocycles. The molecule has 100 valence electrons. The second-order valence-electron chi connectivity index (χ2n) is 7.04. The predicted molar refractivity (Wildman–Crippen MR) is 71.2 cm³/mol. The number of carboxylic acids is 1. The van der Waals surface area contributed by atoms with Crippen molar-refractivity contribution in [3.8, 4) is 0 Å². The van der Waals surface area contributed by atoms with Crippen LogP contribution >= 0.6 is 0 Å². The number of rotatable bonds is 4. The molecule has 0 saturated heterocycles. The molecule has 0 unspecified atom stereocenters. The molecule has 1 N–H and O–H groups in total. The van der Waals surface area contributed by atoms with Gasteiger partial charge in [-0.15, -0.1) is 0 Å². The largest absolute Gasteiger partial charge is 0.478 e. The first kappa shape index (κ1) is 12.3. The van der Waals surface area contributed by atoms with Gasteiger partial charge in [-0.2, -0.15) is 0 Å². The van der Waals surface area contributed by atoms with Crippen molar-refractivity contribution in [3.05, 3.63) is 11.6 Å². The van der Waals surface area contributed by atoms with Crippen LogP contribution in [0.15, 0.2) is 11.6 Å². The maximum Gasteiger partial charge on any atom is 0.331 e. The number of hydrogen-bond donors (Lipinski definition) is 1. The molecule has 0 radical (unpaired) electrons. The van der Waals surface area contributed by atoms with E-state index in [1.54, 1.807) is 0 Å². The quantitative estimate of drug-likeness (QED) is 0.763. The zero-order chi connectivity index (χ0) is 12.8. The van der Waals surface area contributed by atoms with Crippen molar-refractivity contribution in [3.63, 3.8) is 0 Å². The Bertz CT molecular complexity index is 345. The van der Waals surface area contributed by atoms with E-state index in [4.69, 9.17) is 0 Å². The first-order valence-corrected chi connectivity index (χ1v) is 7.52. The summed E-state index contributed by atoms with van der Waals surface area (Å²) in [6.07, 6.45) is 11.8. The van der Waals surface area contributed by atoms with Crippen molar-refractivity contribution in [2.75, 3.05) is 0 Å². The third kappa shape index (κ3) is 2.10. The summed E-state index contributed by atoms with van der Waals surface area (Å²) in [5, 5.41) is 9.34. The van der Waals surface area contributed by atoms with E-state index >= 15 is 0 Å². The van der Waals surface area contributed by atoms with Gasteiger partial charge in [-0.1, -0.05) is 13.0 Å². The molecule has 4 aliphatic rings. The Balaban J connectivity index is 1.79. The van der Waals surface area contributed by atoms with Gasteiger partial charge in [0.15, 0.2) is 0 Å². The minimum absolute atomic E-state index is 0.355. The maximum absolute atomic E-state index is 11.3. The van der Waals surface area contributed by atoms with Crippen molar-refractivity contribution in [2.45, 2.75) is 58.3 Å². The van der Waals surface area contributed by atoms with E-state index in [-0.39, 0.29) is 0 Å². The predicted octanol–water partition coefficient (Wildman–Crippen LogP) is 4.01. The van der Waals surface area contributed by atoms with Gasteiger partial charge in [-0.3, -0.25) is 0 Å². The van der Waals surface area contributed by atoms with E-state index in [9.17, 15) is 9.90 Å². The minimum atomic E-state index is -0.687. The van der Waals surface area contributed by atoms with E-state index in [0.717, 1.165) is 30.6 Å². The van der Waals surface area contributed by atoms with E-state index in [0.29, 0.717) is 11.0 Å². The number of aliphatic carboxylic acids is 1. The van der Waals surface area contributed by atoms with Crippen LogP contribution in [0.3, 0.4) is 0 Å². The molecule has 2 nitrogen and oxygen atoms in total. The Morgan fingerprint density at radius 2 is 1.67 bits per heavy atom. The lowest BCUT2D eigenvalue weighted by Gasteiger charge is -2.57. The Kier molecular flexibility index (Phi) is 2.99. The van der Waals surface area contributed by atoms with Crippen LogP contribution in [0.4, 0.5) is 0 Å². The number of carboxylic acid groups (broad SMARTS) is 1. The van der Waals surface area contributed by atoms with Crippen molar-refractivity contribution < 1.29 is 9.90 Å². The normalized spacial score (nSPS) is 42.3. The van der Waals surface area contributed by atoms with E-state index in [2.05, 4.69) is 0 Å². The molecular formula is C16H24O2. The Morgan fingerprint density at radius 3 is 2.06 bits per heavy atom. The van der Waals surface area contributed by atoms with Crippen LogP contribution in [0.2, 0.25) is 0 Å². The van der Waals surface area contributed by atoms with Gasteiger partial charge in [0.1, 0.15) is 0 Å². The summed E-state index contributed by atoms with van der Waals surface area (Å²) in [6.45, 7) is 2.03. The van der Waals surface area contributed by atoms with Crippen molar-refractivity contribution >= 4 is 5.97 Å². The van der Waals surface area contributed by atoms with Crippen molar-refractivity contribution in [1.29, 1.82) is 0 Å². The maximum atomic E-state index is 11.3. The van der Waals surface area contributed by atoms with Gasteiger partial charge in [0, 0.05) is 5.57 Å². The highest BCUT2D eigenvalue weighted by Gasteiger charge is 2.51. The zero-order valence-electron chi connectivity index (χ0n) is 11.3. The van der Waals surface area contributed by atoms with Gasteiger partial charge in [-0.05, 0) is 74.5 Å². The van der Waals surface area contributed by atoms with E-state index < -0.39 is 5.97 Å². The summed E-state index contributed by atoms with van der Waals surface area (Å²) in [5.41, 5.74) is 1.04. The highest BCUT2D eigenvalue weighted by Crippen LogP contribution is 2.61. The van der Waals surface area contributed by atoms with Crippen LogP contribution in [-0.2, 0) is 4.79 Å². The third-order valence-electron chi connectivity index (χ3n) is 5.46. The van der Waals surface area contributed by atoms with Gasteiger partial charge in [0.2, 0.25) is 0 Å². The van der Waals surface area contributed by atoms with Crippen LogP contribution in [-0.4, -0.2) is 11.1 Å². The molecule has 0 aromatic rings. The summed E-state index contributed by atoms with van der Waals surface area (Å²) < 4.78 is 0. The molecule has 0 amide bonds. The lowest BCUT2D eigenvalue weighted by Crippen LogP contribution is -2.46. The summed E-state index contributed by atoms with van der Waals surface area (Å²) in [6, 6.07) is 0. The molecule has 4 aliphatic carbocycles.